The van der Waals surface area contributed by atoms with Gasteiger partial charge in [-0.1, -0.05) is 0 Å². The van der Waals surface area contributed by atoms with E-state index in [0.29, 0.717) is 16.1 Å². The summed E-state index contributed by atoms with van der Waals surface area (Å²) in [7, 11) is 1.95. The normalized spacial score (nSPS) is 22.3. The van der Waals surface area contributed by atoms with Crippen molar-refractivity contribution in [1.29, 1.82) is 0 Å². The Morgan fingerprint density at radius 3 is 2.83 bits per heavy atom. The molecule has 5 nitrogen and oxygen atoms in total. The third kappa shape index (κ3) is 3.00. The first-order valence-corrected chi connectivity index (χ1v) is 6.64. The monoisotopic (exact) mass is 314 g/mol. The zero-order valence-corrected chi connectivity index (χ0v) is 11.6. The lowest BCUT2D eigenvalue weighted by Crippen LogP contribution is -2.38. The number of benzene rings is 1. The maximum atomic E-state index is 10.6. The number of halogens is 1. The molecule has 98 valence electrons. The SMILES string of the molecule is CNCC1CC(Oc2ccc([N+](=O)[O-])cc2Br)C1. The van der Waals surface area contributed by atoms with Crippen LogP contribution in [0.15, 0.2) is 22.7 Å². The van der Waals surface area contributed by atoms with Gasteiger partial charge in [0.25, 0.3) is 5.69 Å². The van der Waals surface area contributed by atoms with E-state index >= 15 is 0 Å². The summed E-state index contributed by atoms with van der Waals surface area (Å²) in [6.07, 6.45) is 2.29. The molecule has 1 saturated carbocycles. The first-order valence-electron chi connectivity index (χ1n) is 5.85. The Balaban J connectivity index is 1.93. The molecule has 1 aromatic carbocycles. The highest BCUT2D eigenvalue weighted by atomic mass is 79.9. The number of hydrogen-bond acceptors (Lipinski definition) is 4. The van der Waals surface area contributed by atoms with Crippen LogP contribution in [-0.4, -0.2) is 24.6 Å². The molecular weight excluding hydrogens is 300 g/mol. The Morgan fingerprint density at radius 2 is 2.28 bits per heavy atom. The van der Waals surface area contributed by atoms with E-state index in [1.807, 2.05) is 7.05 Å². The molecule has 1 N–H and O–H groups in total. The van der Waals surface area contributed by atoms with Crippen molar-refractivity contribution in [1.82, 2.24) is 5.32 Å². The van der Waals surface area contributed by atoms with Crippen LogP contribution in [0.2, 0.25) is 0 Å². The topological polar surface area (TPSA) is 64.4 Å². The molecule has 0 spiro atoms. The molecule has 0 aromatic heterocycles. The molecule has 0 atom stereocenters. The van der Waals surface area contributed by atoms with Gasteiger partial charge in [0.2, 0.25) is 0 Å². The number of nitrogens with one attached hydrogen (secondary N) is 1. The van der Waals surface area contributed by atoms with E-state index in [1.54, 1.807) is 6.07 Å². The Morgan fingerprint density at radius 1 is 1.56 bits per heavy atom. The van der Waals surface area contributed by atoms with E-state index in [4.69, 9.17) is 4.74 Å². The molecule has 1 fully saturated rings. The molecule has 0 amide bonds. The van der Waals surface area contributed by atoms with Crippen LogP contribution < -0.4 is 10.1 Å². The van der Waals surface area contributed by atoms with Gasteiger partial charge in [-0.3, -0.25) is 10.1 Å². The maximum absolute atomic E-state index is 10.6. The Bertz CT molecular complexity index is 447. The van der Waals surface area contributed by atoms with Crippen LogP contribution in [0.5, 0.6) is 5.75 Å². The highest BCUT2D eigenvalue weighted by Crippen LogP contribution is 2.35. The second-order valence-electron chi connectivity index (χ2n) is 4.51. The molecule has 0 saturated heterocycles. The van der Waals surface area contributed by atoms with Gasteiger partial charge >= 0.3 is 0 Å². The number of nitro benzene ring substituents is 1. The number of rotatable bonds is 5. The van der Waals surface area contributed by atoms with Crippen LogP contribution in [0.4, 0.5) is 5.69 Å². The third-order valence-electron chi connectivity index (χ3n) is 3.11. The molecule has 1 aromatic rings. The van der Waals surface area contributed by atoms with Crippen molar-refractivity contribution in [2.45, 2.75) is 18.9 Å². The zero-order chi connectivity index (χ0) is 13.1. The predicted octanol–water partition coefficient (Wildman–Crippen LogP) is 2.73. The van der Waals surface area contributed by atoms with Crippen molar-refractivity contribution in [2.75, 3.05) is 13.6 Å². The number of nitro groups is 1. The smallest absolute Gasteiger partial charge is 0.270 e. The van der Waals surface area contributed by atoms with E-state index in [2.05, 4.69) is 21.2 Å². The van der Waals surface area contributed by atoms with Crippen molar-refractivity contribution >= 4 is 21.6 Å². The predicted molar refractivity (Wildman–Crippen MR) is 71.9 cm³/mol. The van der Waals surface area contributed by atoms with E-state index in [-0.39, 0.29) is 11.8 Å². The van der Waals surface area contributed by atoms with Gasteiger partial charge in [0, 0.05) is 12.1 Å². The van der Waals surface area contributed by atoms with Crippen LogP contribution in [0, 0.1) is 16.0 Å². The van der Waals surface area contributed by atoms with Gasteiger partial charge < -0.3 is 10.1 Å². The van der Waals surface area contributed by atoms with E-state index in [0.717, 1.165) is 19.4 Å². The maximum Gasteiger partial charge on any atom is 0.270 e. The minimum absolute atomic E-state index is 0.0656. The first kappa shape index (κ1) is 13.3. The summed E-state index contributed by atoms with van der Waals surface area (Å²) in [4.78, 5) is 10.2. The largest absolute Gasteiger partial charge is 0.489 e. The first-order chi connectivity index (χ1) is 8.60. The fourth-order valence-corrected chi connectivity index (χ4v) is 2.56. The van der Waals surface area contributed by atoms with Crippen LogP contribution >= 0.6 is 15.9 Å². The summed E-state index contributed by atoms with van der Waals surface area (Å²) < 4.78 is 6.43. The summed E-state index contributed by atoms with van der Waals surface area (Å²) in [5.41, 5.74) is 0.0656. The molecule has 0 radical (unpaired) electrons. The number of ether oxygens (including phenoxy) is 1. The van der Waals surface area contributed by atoms with E-state index < -0.39 is 4.92 Å². The Hall–Kier alpha value is -1.14. The molecule has 1 aliphatic carbocycles. The molecule has 0 aliphatic heterocycles. The average molecular weight is 315 g/mol. The van der Waals surface area contributed by atoms with Gasteiger partial charge in [0.1, 0.15) is 5.75 Å². The van der Waals surface area contributed by atoms with Crippen molar-refractivity contribution in [3.8, 4) is 5.75 Å². The van der Waals surface area contributed by atoms with Gasteiger partial charge in [-0.05, 0) is 54.3 Å². The van der Waals surface area contributed by atoms with Gasteiger partial charge in [0.05, 0.1) is 15.5 Å². The quantitative estimate of drug-likeness (QED) is 0.670. The summed E-state index contributed by atoms with van der Waals surface area (Å²) in [5, 5.41) is 13.8. The lowest BCUT2D eigenvalue weighted by molar-refractivity contribution is -0.385. The fourth-order valence-electron chi connectivity index (χ4n) is 2.10. The van der Waals surface area contributed by atoms with E-state index in [1.165, 1.54) is 12.1 Å². The summed E-state index contributed by atoms with van der Waals surface area (Å²) in [5.74, 6) is 1.35. The van der Waals surface area contributed by atoms with E-state index in [9.17, 15) is 10.1 Å². The number of nitrogens with zero attached hydrogens (tertiary/aromatic N) is 1. The number of non-ortho nitro benzene ring substituents is 1. The molecule has 0 bridgehead atoms. The summed E-state index contributed by atoms with van der Waals surface area (Å²) in [6, 6.07) is 4.58. The fraction of sp³-hybridized carbons (Fsp3) is 0.500. The minimum atomic E-state index is -0.416. The Labute approximate surface area is 114 Å². The molecule has 1 aliphatic rings. The zero-order valence-electron chi connectivity index (χ0n) is 10.1. The van der Waals surface area contributed by atoms with Crippen molar-refractivity contribution in [2.24, 2.45) is 5.92 Å². The highest BCUT2D eigenvalue weighted by molar-refractivity contribution is 9.10. The highest BCUT2D eigenvalue weighted by Gasteiger charge is 2.30. The van der Waals surface area contributed by atoms with Crippen molar-refractivity contribution < 1.29 is 9.66 Å². The van der Waals surface area contributed by atoms with Gasteiger partial charge in [-0.15, -0.1) is 0 Å². The minimum Gasteiger partial charge on any atom is -0.489 e. The molecule has 2 rings (SSSR count). The molecule has 0 unspecified atom stereocenters. The standard InChI is InChI=1S/C12H15BrN2O3/c1-14-7-8-4-10(5-8)18-12-3-2-9(15(16)17)6-11(12)13/h2-3,6,8,10,14H,4-5,7H2,1H3. The second-order valence-corrected chi connectivity index (χ2v) is 5.36. The number of hydrogen-bond donors (Lipinski definition) is 1. The van der Waals surface area contributed by atoms with Gasteiger partial charge in [0.15, 0.2) is 0 Å². The molecule has 6 heteroatoms. The second kappa shape index (κ2) is 5.67. The molecular formula is C12H15BrN2O3. The summed E-state index contributed by atoms with van der Waals surface area (Å²) in [6.45, 7) is 1.02. The molecule has 18 heavy (non-hydrogen) atoms. The van der Waals surface area contributed by atoms with Crippen LogP contribution in [-0.2, 0) is 0 Å². The van der Waals surface area contributed by atoms with Crippen LogP contribution in [0.25, 0.3) is 0 Å². The van der Waals surface area contributed by atoms with Crippen molar-refractivity contribution in [3.05, 3.63) is 32.8 Å². The lowest BCUT2D eigenvalue weighted by atomic mass is 9.82. The third-order valence-corrected chi connectivity index (χ3v) is 3.72. The lowest BCUT2D eigenvalue weighted by Gasteiger charge is -2.35. The van der Waals surface area contributed by atoms with Gasteiger partial charge in [-0.25, -0.2) is 0 Å². The Kier molecular flexibility index (Phi) is 4.19. The molecule has 0 heterocycles. The van der Waals surface area contributed by atoms with Crippen molar-refractivity contribution in [3.63, 3.8) is 0 Å². The summed E-state index contributed by atoms with van der Waals surface area (Å²) >= 11 is 3.30. The van der Waals surface area contributed by atoms with Crippen LogP contribution in [0.3, 0.4) is 0 Å². The average Bonchev–Trinajstić information content (AvgIpc) is 2.28. The van der Waals surface area contributed by atoms with Crippen LogP contribution in [0.1, 0.15) is 12.8 Å². The van der Waals surface area contributed by atoms with Gasteiger partial charge in [-0.2, -0.15) is 0 Å².